The highest BCUT2D eigenvalue weighted by Gasteiger charge is 2.38. The highest BCUT2D eigenvalue weighted by molar-refractivity contribution is 6.01. The van der Waals surface area contributed by atoms with Gasteiger partial charge in [-0.3, -0.25) is 0 Å². The third-order valence-electron chi connectivity index (χ3n) is 4.05. The van der Waals surface area contributed by atoms with Gasteiger partial charge >= 0.3 is 11.9 Å². The lowest BCUT2D eigenvalue weighted by atomic mass is 10.1. The van der Waals surface area contributed by atoms with Crippen molar-refractivity contribution >= 4 is 22.7 Å². The SMILES string of the molecule is CC(C)OC(=O)c1c(C(=O)OC(C)C)[n+](C)nn1-c1cccc2ccccc12. The number of esters is 2. The molecule has 0 fully saturated rings. The van der Waals surface area contributed by atoms with Crippen LogP contribution in [0.2, 0.25) is 0 Å². The van der Waals surface area contributed by atoms with Crippen LogP contribution in [0.25, 0.3) is 16.5 Å². The van der Waals surface area contributed by atoms with Crippen molar-refractivity contribution < 1.29 is 23.7 Å². The maximum atomic E-state index is 12.9. The molecule has 0 radical (unpaired) electrons. The van der Waals surface area contributed by atoms with Crippen molar-refractivity contribution in [1.29, 1.82) is 0 Å². The van der Waals surface area contributed by atoms with E-state index in [1.54, 1.807) is 34.7 Å². The van der Waals surface area contributed by atoms with Crippen LogP contribution in [0.5, 0.6) is 0 Å². The third-order valence-corrected chi connectivity index (χ3v) is 4.05. The molecular formula is C21H24N3O4+. The Balaban J connectivity index is 2.26. The fourth-order valence-electron chi connectivity index (χ4n) is 2.99. The van der Waals surface area contributed by atoms with Crippen LogP contribution in [0.3, 0.4) is 0 Å². The molecular weight excluding hydrogens is 358 g/mol. The molecule has 0 aliphatic rings. The van der Waals surface area contributed by atoms with E-state index in [2.05, 4.69) is 5.21 Å². The maximum absolute atomic E-state index is 12.9. The predicted octanol–water partition coefficient (Wildman–Crippen LogP) is 2.98. The average molecular weight is 382 g/mol. The predicted molar refractivity (Wildman–Crippen MR) is 103 cm³/mol. The molecule has 1 aromatic heterocycles. The Morgan fingerprint density at radius 1 is 0.929 bits per heavy atom. The van der Waals surface area contributed by atoms with Crippen molar-refractivity contribution in [2.24, 2.45) is 7.05 Å². The molecule has 0 saturated carbocycles. The minimum atomic E-state index is -0.633. The topological polar surface area (TPSA) is 74.3 Å². The van der Waals surface area contributed by atoms with E-state index in [4.69, 9.17) is 9.47 Å². The Hall–Kier alpha value is -3.22. The molecule has 0 amide bonds. The number of aryl methyl sites for hydroxylation is 1. The van der Waals surface area contributed by atoms with Gasteiger partial charge in [0.15, 0.2) is 5.69 Å². The molecule has 0 saturated heterocycles. The molecule has 0 aliphatic heterocycles. The van der Waals surface area contributed by atoms with E-state index >= 15 is 0 Å². The molecule has 0 unspecified atom stereocenters. The number of hydrogen-bond acceptors (Lipinski definition) is 5. The van der Waals surface area contributed by atoms with E-state index in [9.17, 15) is 9.59 Å². The summed E-state index contributed by atoms with van der Waals surface area (Å²) in [4.78, 5) is 25.6. The summed E-state index contributed by atoms with van der Waals surface area (Å²) in [6.45, 7) is 7.00. The summed E-state index contributed by atoms with van der Waals surface area (Å²) in [5.74, 6) is -1.26. The Morgan fingerprint density at radius 2 is 1.54 bits per heavy atom. The second-order valence-electron chi connectivity index (χ2n) is 7.03. The zero-order valence-corrected chi connectivity index (χ0v) is 16.7. The standard InChI is InChI=1S/C21H24N3O4/c1-13(2)27-20(25)18-19(21(26)28-14(3)4)24(22-23(18)5)17-12-8-10-15-9-6-7-11-16(15)17/h6-14H,1-5H3/q+1. The zero-order chi connectivity index (χ0) is 20.4. The third kappa shape index (κ3) is 3.74. The van der Waals surface area contributed by atoms with Gasteiger partial charge < -0.3 is 9.47 Å². The van der Waals surface area contributed by atoms with Crippen molar-refractivity contribution in [3.05, 3.63) is 53.9 Å². The van der Waals surface area contributed by atoms with E-state index < -0.39 is 11.9 Å². The Bertz CT molecular complexity index is 1030. The van der Waals surface area contributed by atoms with Crippen LogP contribution in [0.15, 0.2) is 42.5 Å². The number of carbonyl (C=O) groups is 2. The van der Waals surface area contributed by atoms with Crippen LogP contribution in [0, 0.1) is 0 Å². The molecule has 7 nitrogen and oxygen atoms in total. The Labute approximate surface area is 163 Å². The first-order valence-corrected chi connectivity index (χ1v) is 9.19. The lowest BCUT2D eigenvalue weighted by Crippen LogP contribution is -2.39. The maximum Gasteiger partial charge on any atom is 0.386 e. The number of nitrogens with zero attached hydrogens (tertiary/aromatic N) is 3. The van der Waals surface area contributed by atoms with Crippen molar-refractivity contribution in [2.45, 2.75) is 39.9 Å². The van der Waals surface area contributed by atoms with Gasteiger partial charge in [0.05, 0.1) is 17.4 Å². The van der Waals surface area contributed by atoms with Gasteiger partial charge in [-0.15, -0.1) is 4.68 Å². The van der Waals surface area contributed by atoms with Gasteiger partial charge in [-0.05, 0) is 39.1 Å². The molecule has 28 heavy (non-hydrogen) atoms. The van der Waals surface area contributed by atoms with Crippen LogP contribution >= 0.6 is 0 Å². The van der Waals surface area contributed by atoms with Crippen LogP contribution < -0.4 is 4.68 Å². The molecule has 3 aromatic rings. The second-order valence-corrected chi connectivity index (χ2v) is 7.03. The lowest BCUT2D eigenvalue weighted by Gasteiger charge is -2.09. The molecule has 0 bridgehead atoms. The van der Waals surface area contributed by atoms with Gasteiger partial charge in [-0.25, -0.2) is 9.59 Å². The monoisotopic (exact) mass is 382 g/mol. The largest absolute Gasteiger partial charge is 0.457 e. The van der Waals surface area contributed by atoms with Gasteiger partial charge in [0, 0.05) is 5.39 Å². The van der Waals surface area contributed by atoms with E-state index in [1.807, 2.05) is 42.5 Å². The average Bonchev–Trinajstić information content (AvgIpc) is 2.97. The molecule has 7 heteroatoms. The quantitative estimate of drug-likeness (QED) is 0.501. The van der Waals surface area contributed by atoms with Crippen molar-refractivity contribution in [3.63, 3.8) is 0 Å². The van der Waals surface area contributed by atoms with Crippen molar-refractivity contribution in [2.75, 3.05) is 0 Å². The summed E-state index contributed by atoms with van der Waals surface area (Å²) in [6, 6.07) is 13.5. The molecule has 0 spiro atoms. The van der Waals surface area contributed by atoms with Gasteiger partial charge in [0.2, 0.25) is 0 Å². The van der Waals surface area contributed by atoms with E-state index in [1.165, 1.54) is 9.36 Å². The van der Waals surface area contributed by atoms with Gasteiger partial charge in [0.1, 0.15) is 7.05 Å². The van der Waals surface area contributed by atoms with E-state index in [0.29, 0.717) is 5.69 Å². The molecule has 3 rings (SSSR count). The number of carbonyl (C=O) groups excluding carboxylic acids is 2. The number of benzene rings is 2. The van der Waals surface area contributed by atoms with Crippen LogP contribution in [-0.2, 0) is 16.5 Å². The highest BCUT2D eigenvalue weighted by atomic mass is 16.6. The second kappa shape index (κ2) is 7.80. The summed E-state index contributed by atoms with van der Waals surface area (Å²) in [6.07, 6.45) is -0.676. The molecule has 0 N–H and O–H groups in total. The molecule has 146 valence electrons. The van der Waals surface area contributed by atoms with Crippen LogP contribution in [0.1, 0.15) is 48.7 Å². The molecule has 0 atom stereocenters. The smallest absolute Gasteiger partial charge is 0.386 e. The summed E-state index contributed by atoms with van der Waals surface area (Å²) in [5.41, 5.74) is 0.762. The fraction of sp³-hybridized carbons (Fsp3) is 0.333. The van der Waals surface area contributed by atoms with Gasteiger partial charge in [-0.1, -0.05) is 41.1 Å². The van der Waals surface area contributed by atoms with Crippen LogP contribution in [0.4, 0.5) is 0 Å². The Kier molecular flexibility index (Phi) is 5.44. The van der Waals surface area contributed by atoms with E-state index in [-0.39, 0.29) is 23.6 Å². The zero-order valence-electron chi connectivity index (χ0n) is 16.7. The summed E-state index contributed by atoms with van der Waals surface area (Å²) >= 11 is 0. The van der Waals surface area contributed by atoms with Crippen molar-refractivity contribution in [1.82, 2.24) is 9.90 Å². The highest BCUT2D eigenvalue weighted by Crippen LogP contribution is 2.24. The first kappa shape index (κ1) is 19.5. The Morgan fingerprint density at radius 3 is 2.21 bits per heavy atom. The number of hydrogen-bond donors (Lipinski definition) is 0. The number of aromatic nitrogens is 3. The normalized spacial score (nSPS) is 11.2. The van der Waals surface area contributed by atoms with E-state index in [0.717, 1.165) is 10.8 Å². The summed E-state index contributed by atoms with van der Waals surface area (Å²) < 4.78 is 13.5. The molecule has 0 aliphatic carbocycles. The first-order chi connectivity index (χ1) is 13.3. The molecule has 2 aromatic carbocycles. The lowest BCUT2D eigenvalue weighted by molar-refractivity contribution is -0.733. The molecule has 1 heterocycles. The number of rotatable bonds is 5. The summed E-state index contributed by atoms with van der Waals surface area (Å²) in [7, 11) is 1.60. The first-order valence-electron chi connectivity index (χ1n) is 9.19. The number of ether oxygens (including phenoxy) is 2. The summed E-state index contributed by atoms with van der Waals surface area (Å²) in [5, 5.41) is 6.31. The van der Waals surface area contributed by atoms with Crippen LogP contribution in [-0.4, -0.2) is 34.0 Å². The van der Waals surface area contributed by atoms with Gasteiger partial charge in [-0.2, -0.15) is 0 Å². The number of fused-ring (bicyclic) bond motifs is 1. The van der Waals surface area contributed by atoms with Gasteiger partial charge in [0.25, 0.3) is 11.4 Å². The minimum absolute atomic E-state index is 0.0400. The fourth-order valence-corrected chi connectivity index (χ4v) is 2.99. The minimum Gasteiger partial charge on any atom is -0.457 e. The van der Waals surface area contributed by atoms with Crippen molar-refractivity contribution in [3.8, 4) is 5.69 Å².